The van der Waals surface area contributed by atoms with E-state index in [1.165, 1.54) is 6.21 Å². The number of sulfonamides is 1. The standard InChI is InChI=1S/C24H25N3O3S2/c1-18-4-10-21(11-5-18)27(32(29,30)23-14-6-19(2)7-15-23)17-24(28)26-25-16-20-8-12-22(31-3)13-9-20/h4-16H,17H2,1-3H3,(H,26,28)/b25-16+. The van der Waals surface area contributed by atoms with Gasteiger partial charge < -0.3 is 0 Å². The lowest BCUT2D eigenvalue weighted by Gasteiger charge is -2.24. The first-order valence-electron chi connectivity index (χ1n) is 9.91. The first-order chi connectivity index (χ1) is 15.3. The van der Waals surface area contributed by atoms with Crippen LogP contribution in [0.15, 0.2) is 87.7 Å². The van der Waals surface area contributed by atoms with Crippen molar-refractivity contribution in [3.05, 3.63) is 89.5 Å². The SMILES string of the molecule is CSc1ccc(/C=N/NC(=O)CN(c2ccc(C)cc2)S(=O)(=O)c2ccc(C)cc2)cc1. The maximum Gasteiger partial charge on any atom is 0.264 e. The van der Waals surface area contributed by atoms with Crippen molar-refractivity contribution in [3.63, 3.8) is 0 Å². The number of amides is 1. The van der Waals surface area contributed by atoms with Crippen LogP contribution >= 0.6 is 11.8 Å². The number of carbonyl (C=O) groups is 1. The molecule has 3 rings (SSSR count). The molecule has 1 amide bonds. The van der Waals surface area contributed by atoms with E-state index in [4.69, 9.17) is 0 Å². The van der Waals surface area contributed by atoms with Gasteiger partial charge in [-0.2, -0.15) is 5.10 Å². The molecular formula is C24H25N3O3S2. The number of hydrazone groups is 1. The Balaban J connectivity index is 1.80. The summed E-state index contributed by atoms with van der Waals surface area (Å²) in [6.45, 7) is 3.39. The van der Waals surface area contributed by atoms with Crippen molar-refractivity contribution in [3.8, 4) is 0 Å². The van der Waals surface area contributed by atoms with Gasteiger partial charge in [-0.15, -0.1) is 11.8 Å². The van der Waals surface area contributed by atoms with Crippen molar-refractivity contribution in [1.82, 2.24) is 5.43 Å². The molecule has 8 heteroatoms. The molecule has 0 fully saturated rings. The summed E-state index contributed by atoms with van der Waals surface area (Å²) >= 11 is 1.64. The third-order valence-electron chi connectivity index (χ3n) is 4.74. The summed E-state index contributed by atoms with van der Waals surface area (Å²) in [6.07, 6.45) is 3.51. The monoisotopic (exact) mass is 467 g/mol. The molecule has 166 valence electrons. The van der Waals surface area contributed by atoms with E-state index in [0.717, 1.165) is 25.9 Å². The Labute approximate surface area is 193 Å². The van der Waals surface area contributed by atoms with Crippen LogP contribution in [-0.2, 0) is 14.8 Å². The molecule has 6 nitrogen and oxygen atoms in total. The molecule has 32 heavy (non-hydrogen) atoms. The first kappa shape index (κ1) is 23.6. The number of benzene rings is 3. The van der Waals surface area contributed by atoms with E-state index in [1.807, 2.05) is 44.4 Å². The van der Waals surface area contributed by atoms with E-state index < -0.39 is 22.5 Å². The van der Waals surface area contributed by atoms with E-state index in [-0.39, 0.29) is 4.90 Å². The van der Waals surface area contributed by atoms with Crippen LogP contribution in [-0.4, -0.2) is 33.3 Å². The Kier molecular flexibility index (Phi) is 7.71. The lowest BCUT2D eigenvalue weighted by molar-refractivity contribution is -0.119. The highest BCUT2D eigenvalue weighted by atomic mass is 32.2. The van der Waals surface area contributed by atoms with Crippen molar-refractivity contribution in [1.29, 1.82) is 0 Å². The number of carbonyl (C=O) groups excluding carboxylic acids is 1. The van der Waals surface area contributed by atoms with Crippen molar-refractivity contribution in [2.75, 3.05) is 17.1 Å². The smallest absolute Gasteiger partial charge is 0.264 e. The number of rotatable bonds is 8. The highest BCUT2D eigenvalue weighted by Crippen LogP contribution is 2.24. The van der Waals surface area contributed by atoms with Gasteiger partial charge in [0.15, 0.2) is 0 Å². The van der Waals surface area contributed by atoms with Crippen LogP contribution in [0.5, 0.6) is 0 Å². The zero-order valence-electron chi connectivity index (χ0n) is 18.1. The quantitative estimate of drug-likeness (QED) is 0.303. The van der Waals surface area contributed by atoms with Gasteiger partial charge in [0, 0.05) is 4.90 Å². The van der Waals surface area contributed by atoms with Crippen LogP contribution in [0.25, 0.3) is 0 Å². The molecule has 0 aliphatic rings. The van der Waals surface area contributed by atoms with Gasteiger partial charge in [0.2, 0.25) is 0 Å². The highest BCUT2D eigenvalue weighted by Gasteiger charge is 2.27. The van der Waals surface area contributed by atoms with Crippen molar-refractivity contribution >= 4 is 39.6 Å². The fourth-order valence-electron chi connectivity index (χ4n) is 2.90. The first-order valence-corrected chi connectivity index (χ1v) is 12.6. The van der Waals surface area contributed by atoms with E-state index in [2.05, 4.69) is 10.5 Å². The molecule has 3 aromatic rings. The second-order valence-corrected chi connectivity index (χ2v) is 9.97. The molecular weight excluding hydrogens is 442 g/mol. The highest BCUT2D eigenvalue weighted by molar-refractivity contribution is 7.98. The van der Waals surface area contributed by atoms with Gasteiger partial charge in [-0.3, -0.25) is 9.10 Å². The molecule has 1 N–H and O–H groups in total. The van der Waals surface area contributed by atoms with Gasteiger partial charge in [0.05, 0.1) is 16.8 Å². The zero-order valence-corrected chi connectivity index (χ0v) is 19.8. The molecule has 0 aliphatic heterocycles. The van der Waals surface area contributed by atoms with Crippen LogP contribution in [0.1, 0.15) is 16.7 Å². The summed E-state index contributed by atoms with van der Waals surface area (Å²) in [5.41, 5.74) is 5.59. The summed E-state index contributed by atoms with van der Waals surface area (Å²) in [4.78, 5) is 13.8. The number of thioether (sulfide) groups is 1. The predicted octanol–water partition coefficient (Wildman–Crippen LogP) is 4.37. The Hall–Kier alpha value is -3.10. The third-order valence-corrected chi connectivity index (χ3v) is 7.27. The third kappa shape index (κ3) is 5.99. The second-order valence-electron chi connectivity index (χ2n) is 7.23. The van der Waals surface area contributed by atoms with E-state index in [9.17, 15) is 13.2 Å². The Bertz CT molecular complexity index is 1190. The van der Waals surface area contributed by atoms with Crippen molar-refractivity contribution in [2.45, 2.75) is 23.6 Å². The fourth-order valence-corrected chi connectivity index (χ4v) is 4.73. The van der Waals surface area contributed by atoms with Crippen LogP contribution in [0.3, 0.4) is 0 Å². The molecule has 0 bridgehead atoms. The van der Waals surface area contributed by atoms with E-state index >= 15 is 0 Å². The van der Waals surface area contributed by atoms with E-state index in [1.54, 1.807) is 60.3 Å². The summed E-state index contributed by atoms with van der Waals surface area (Å²) in [5, 5.41) is 3.97. The molecule has 0 saturated carbocycles. The molecule has 0 saturated heterocycles. The molecule has 0 aromatic heterocycles. The van der Waals surface area contributed by atoms with Gasteiger partial charge >= 0.3 is 0 Å². The molecule has 3 aromatic carbocycles. The topological polar surface area (TPSA) is 78.8 Å². The molecule has 0 radical (unpaired) electrons. The zero-order chi connectivity index (χ0) is 23.1. The van der Waals surface area contributed by atoms with E-state index in [0.29, 0.717) is 5.69 Å². The second kappa shape index (κ2) is 10.5. The predicted molar refractivity (Wildman–Crippen MR) is 131 cm³/mol. The van der Waals surface area contributed by atoms with Crippen LogP contribution in [0.4, 0.5) is 5.69 Å². The fraction of sp³-hybridized carbons (Fsp3) is 0.167. The number of nitrogens with one attached hydrogen (secondary N) is 1. The minimum Gasteiger partial charge on any atom is -0.271 e. The van der Waals surface area contributed by atoms with Gasteiger partial charge in [-0.25, -0.2) is 13.8 Å². The average molecular weight is 468 g/mol. The maximum atomic E-state index is 13.3. The normalized spacial score (nSPS) is 11.5. The molecule has 0 unspecified atom stereocenters. The van der Waals surface area contributed by atoms with Gasteiger partial charge in [-0.1, -0.05) is 47.5 Å². The van der Waals surface area contributed by atoms with Gasteiger partial charge in [-0.05, 0) is 62.1 Å². The number of hydrogen-bond donors (Lipinski definition) is 1. The summed E-state index contributed by atoms with van der Waals surface area (Å²) in [5.74, 6) is -0.543. The van der Waals surface area contributed by atoms with Crippen LogP contribution in [0, 0.1) is 13.8 Å². The lowest BCUT2D eigenvalue weighted by atomic mass is 10.2. The minimum absolute atomic E-state index is 0.119. The molecule has 0 spiro atoms. The number of hydrogen-bond acceptors (Lipinski definition) is 5. The number of nitrogens with zero attached hydrogens (tertiary/aromatic N) is 2. The maximum absolute atomic E-state index is 13.3. The molecule has 0 atom stereocenters. The number of anilines is 1. The van der Waals surface area contributed by atoms with Gasteiger partial charge in [0.25, 0.3) is 15.9 Å². The van der Waals surface area contributed by atoms with Gasteiger partial charge in [0.1, 0.15) is 6.54 Å². The molecule has 0 aliphatic carbocycles. The Morgan fingerprint density at radius 1 is 0.938 bits per heavy atom. The largest absolute Gasteiger partial charge is 0.271 e. The summed E-state index contributed by atoms with van der Waals surface area (Å²) < 4.78 is 27.7. The van der Waals surface area contributed by atoms with Crippen molar-refractivity contribution < 1.29 is 13.2 Å². The average Bonchev–Trinajstić information content (AvgIpc) is 2.79. The van der Waals surface area contributed by atoms with Crippen LogP contribution < -0.4 is 9.73 Å². The minimum atomic E-state index is -3.95. The Morgan fingerprint density at radius 2 is 1.50 bits per heavy atom. The van der Waals surface area contributed by atoms with Crippen molar-refractivity contribution in [2.24, 2.45) is 5.10 Å². The lowest BCUT2D eigenvalue weighted by Crippen LogP contribution is -2.39. The van der Waals surface area contributed by atoms with Crippen LogP contribution in [0.2, 0.25) is 0 Å². The summed E-state index contributed by atoms with van der Waals surface area (Å²) in [7, 11) is -3.95. The molecule has 0 heterocycles. The Morgan fingerprint density at radius 3 is 2.06 bits per heavy atom. The summed E-state index contributed by atoms with van der Waals surface area (Å²) in [6, 6.07) is 21.2. The number of aryl methyl sites for hydroxylation is 2.